The summed E-state index contributed by atoms with van der Waals surface area (Å²) in [6.45, 7) is 5.76. The molecule has 19 heavy (non-hydrogen) atoms. The zero-order valence-corrected chi connectivity index (χ0v) is 12.6. The molecule has 0 heterocycles. The number of hydrogen-bond donors (Lipinski definition) is 1. The topological polar surface area (TPSA) is 55.4 Å². The first-order valence-corrected chi connectivity index (χ1v) is 7.43. The van der Waals surface area contributed by atoms with E-state index in [0.717, 1.165) is 12.0 Å². The highest BCUT2D eigenvalue weighted by Crippen LogP contribution is 2.29. The number of ether oxygens (including phenoxy) is 1. The maximum absolute atomic E-state index is 9.96. The summed E-state index contributed by atoms with van der Waals surface area (Å²) in [6.07, 6.45) is 8.76. The van der Waals surface area contributed by atoms with Crippen LogP contribution in [-0.4, -0.2) is 32.0 Å². The van der Waals surface area contributed by atoms with E-state index in [2.05, 4.69) is 23.9 Å². The van der Waals surface area contributed by atoms with Gasteiger partial charge in [-0.2, -0.15) is 0 Å². The van der Waals surface area contributed by atoms with Crippen molar-refractivity contribution in [1.29, 1.82) is 0 Å². The summed E-state index contributed by atoms with van der Waals surface area (Å²) in [4.78, 5) is 19.4. The number of nitrogens with one attached hydrogen (secondary N) is 1. The molecule has 2 atom stereocenters. The van der Waals surface area contributed by atoms with E-state index < -0.39 is 5.97 Å². The highest BCUT2D eigenvalue weighted by molar-refractivity contribution is 5.83. The van der Waals surface area contributed by atoms with E-state index in [9.17, 15) is 9.59 Å². The number of carbonyl (C=O) groups is 2. The molecule has 1 aliphatic rings. The van der Waals surface area contributed by atoms with E-state index in [1.54, 1.807) is 0 Å². The number of carbonyl (C=O) groups excluding carboxylic acids is 2. The van der Waals surface area contributed by atoms with Crippen molar-refractivity contribution in [3.63, 3.8) is 0 Å². The highest BCUT2D eigenvalue weighted by Gasteiger charge is 2.25. The number of methoxy groups -OCH3 is 1. The lowest BCUT2D eigenvalue weighted by Gasteiger charge is -2.19. The second kappa shape index (κ2) is 12.2. The van der Waals surface area contributed by atoms with Gasteiger partial charge >= 0.3 is 5.97 Å². The molecule has 2 unspecified atom stereocenters. The quantitative estimate of drug-likeness (QED) is 0.439. The smallest absolute Gasteiger partial charge is 0.312 e. The molecule has 0 amide bonds. The second-order valence-electron chi connectivity index (χ2n) is 4.99. The summed E-state index contributed by atoms with van der Waals surface area (Å²) in [6, 6.07) is 0.852. The van der Waals surface area contributed by atoms with Crippen LogP contribution in [-0.2, 0) is 14.3 Å². The molecule has 4 heteroatoms. The van der Waals surface area contributed by atoms with Gasteiger partial charge in [-0.05, 0) is 38.1 Å². The van der Waals surface area contributed by atoms with Gasteiger partial charge in [0.1, 0.15) is 12.7 Å². The molecular formula is C15H29NO3. The Balaban J connectivity index is 0.000000399. The fourth-order valence-corrected chi connectivity index (χ4v) is 2.50. The van der Waals surface area contributed by atoms with Crippen LogP contribution in [0.5, 0.6) is 0 Å². The van der Waals surface area contributed by atoms with Crippen molar-refractivity contribution in [2.45, 2.75) is 64.8 Å². The van der Waals surface area contributed by atoms with Crippen LogP contribution >= 0.6 is 0 Å². The van der Waals surface area contributed by atoms with Crippen molar-refractivity contribution in [3.05, 3.63) is 0 Å². The number of aldehydes is 1. The SMILES string of the molecule is CCCNC1CCCC1CCC.COC(=O)CC=O. The Morgan fingerprint density at radius 1 is 1.32 bits per heavy atom. The molecule has 0 aromatic rings. The van der Waals surface area contributed by atoms with E-state index in [0.29, 0.717) is 6.29 Å². The van der Waals surface area contributed by atoms with Gasteiger partial charge in [0, 0.05) is 6.04 Å². The van der Waals surface area contributed by atoms with E-state index in [1.165, 1.54) is 52.2 Å². The molecule has 4 nitrogen and oxygen atoms in total. The molecule has 1 aliphatic carbocycles. The predicted octanol–water partition coefficient (Wildman–Crippen LogP) is 2.70. The lowest BCUT2D eigenvalue weighted by molar-refractivity contribution is -0.141. The second-order valence-corrected chi connectivity index (χ2v) is 4.99. The zero-order chi connectivity index (χ0) is 14.5. The molecule has 0 aliphatic heterocycles. The normalized spacial score (nSPS) is 21.4. The minimum atomic E-state index is -0.491. The van der Waals surface area contributed by atoms with Crippen molar-refractivity contribution in [2.24, 2.45) is 5.92 Å². The van der Waals surface area contributed by atoms with Crippen LogP contribution in [0.1, 0.15) is 58.8 Å². The lowest BCUT2D eigenvalue weighted by Crippen LogP contribution is -2.32. The van der Waals surface area contributed by atoms with Crippen LogP contribution in [0.3, 0.4) is 0 Å². The first kappa shape index (κ1) is 18.1. The third-order valence-corrected chi connectivity index (χ3v) is 3.45. The Bertz CT molecular complexity index is 244. The van der Waals surface area contributed by atoms with Crippen molar-refractivity contribution in [1.82, 2.24) is 5.32 Å². The molecule has 1 N–H and O–H groups in total. The third-order valence-electron chi connectivity index (χ3n) is 3.45. The first-order chi connectivity index (χ1) is 9.19. The van der Waals surface area contributed by atoms with Crippen molar-refractivity contribution < 1.29 is 14.3 Å². The van der Waals surface area contributed by atoms with Gasteiger partial charge in [-0.3, -0.25) is 4.79 Å². The molecule has 0 bridgehead atoms. The van der Waals surface area contributed by atoms with E-state index in [-0.39, 0.29) is 6.42 Å². The lowest BCUT2D eigenvalue weighted by atomic mass is 9.98. The van der Waals surface area contributed by atoms with Gasteiger partial charge in [-0.25, -0.2) is 0 Å². The summed E-state index contributed by atoms with van der Waals surface area (Å²) < 4.78 is 4.12. The minimum absolute atomic E-state index is 0.142. The maximum atomic E-state index is 9.96. The Morgan fingerprint density at radius 3 is 2.53 bits per heavy atom. The van der Waals surface area contributed by atoms with Gasteiger partial charge < -0.3 is 14.8 Å². The molecule has 0 saturated heterocycles. The van der Waals surface area contributed by atoms with Gasteiger partial charge in [-0.1, -0.05) is 26.7 Å². The predicted molar refractivity (Wildman–Crippen MR) is 77.0 cm³/mol. The summed E-state index contributed by atoms with van der Waals surface area (Å²) >= 11 is 0. The number of esters is 1. The minimum Gasteiger partial charge on any atom is -0.469 e. The number of hydrogen-bond acceptors (Lipinski definition) is 4. The van der Waals surface area contributed by atoms with Crippen LogP contribution in [0, 0.1) is 5.92 Å². The molecular weight excluding hydrogens is 242 g/mol. The van der Waals surface area contributed by atoms with Gasteiger partial charge in [0.25, 0.3) is 0 Å². The van der Waals surface area contributed by atoms with Crippen LogP contribution in [0.4, 0.5) is 0 Å². The molecule has 1 fully saturated rings. The molecule has 0 aromatic carbocycles. The first-order valence-electron chi connectivity index (χ1n) is 7.43. The maximum Gasteiger partial charge on any atom is 0.312 e. The summed E-state index contributed by atoms with van der Waals surface area (Å²) in [5, 5.41) is 3.67. The average Bonchev–Trinajstić information content (AvgIpc) is 2.85. The molecule has 0 radical (unpaired) electrons. The fourth-order valence-electron chi connectivity index (χ4n) is 2.50. The molecule has 112 valence electrons. The van der Waals surface area contributed by atoms with E-state index in [1.807, 2.05) is 0 Å². The van der Waals surface area contributed by atoms with Crippen LogP contribution in [0.15, 0.2) is 0 Å². The largest absolute Gasteiger partial charge is 0.469 e. The monoisotopic (exact) mass is 271 g/mol. The Labute approximate surface area is 117 Å². The molecule has 0 spiro atoms. The summed E-state index contributed by atoms with van der Waals surface area (Å²) in [5.74, 6) is 0.497. The zero-order valence-electron chi connectivity index (χ0n) is 12.6. The van der Waals surface area contributed by atoms with Crippen molar-refractivity contribution in [3.8, 4) is 0 Å². The summed E-state index contributed by atoms with van der Waals surface area (Å²) in [7, 11) is 1.24. The highest BCUT2D eigenvalue weighted by atomic mass is 16.5. The van der Waals surface area contributed by atoms with E-state index >= 15 is 0 Å². The standard InChI is InChI=1S/C11H23N.C4H6O3/c1-3-6-10-7-5-8-11(10)12-9-4-2;1-7-4(6)2-3-5/h10-12H,3-9H2,1-2H3;3H,2H2,1H3. The third kappa shape index (κ3) is 8.76. The van der Waals surface area contributed by atoms with Gasteiger partial charge in [-0.15, -0.1) is 0 Å². The van der Waals surface area contributed by atoms with Gasteiger partial charge in [0.05, 0.1) is 7.11 Å². The molecule has 1 saturated carbocycles. The van der Waals surface area contributed by atoms with Crippen LogP contribution < -0.4 is 5.32 Å². The molecule has 0 aromatic heterocycles. The number of rotatable bonds is 7. The van der Waals surface area contributed by atoms with Crippen molar-refractivity contribution in [2.75, 3.05) is 13.7 Å². The fraction of sp³-hybridized carbons (Fsp3) is 0.867. The van der Waals surface area contributed by atoms with Gasteiger partial charge in [0.15, 0.2) is 0 Å². The van der Waals surface area contributed by atoms with E-state index in [4.69, 9.17) is 0 Å². The average molecular weight is 271 g/mol. The molecule has 1 rings (SSSR count). The Kier molecular flexibility index (Phi) is 11.6. The van der Waals surface area contributed by atoms with Crippen molar-refractivity contribution >= 4 is 12.3 Å². The summed E-state index contributed by atoms with van der Waals surface area (Å²) in [5.41, 5.74) is 0. The van der Waals surface area contributed by atoms with Crippen LogP contribution in [0.2, 0.25) is 0 Å². The Hall–Kier alpha value is -0.900. The van der Waals surface area contributed by atoms with Crippen LogP contribution in [0.25, 0.3) is 0 Å². The van der Waals surface area contributed by atoms with Gasteiger partial charge in [0.2, 0.25) is 0 Å². The Morgan fingerprint density at radius 2 is 2.05 bits per heavy atom.